The number of pyridine rings is 1. The van der Waals surface area contributed by atoms with Crippen LogP contribution in [-0.2, 0) is 11.2 Å². The monoisotopic (exact) mass is 397 g/mol. The number of amides is 2. The average Bonchev–Trinajstić information content (AvgIpc) is 3.21. The van der Waals surface area contributed by atoms with Gasteiger partial charge in [0.1, 0.15) is 5.82 Å². The molecular weight excluding hydrogens is 377 g/mol. The van der Waals surface area contributed by atoms with Crippen molar-refractivity contribution in [3.8, 4) is 11.4 Å². The van der Waals surface area contributed by atoms with Crippen LogP contribution in [-0.4, -0.2) is 40.0 Å². The molecule has 0 fully saturated rings. The standard InChI is InChI=1S/C20H20FN5O3/c1-13-2-3-15(12-16(13)21)20(28)24-11-10-23-17(27)4-5-18-25-19(26-29-18)14-6-8-22-9-7-14/h2-3,6-9,12H,4-5,10-11H2,1H3,(H,23,27)(H,24,28). The highest BCUT2D eigenvalue weighted by Gasteiger charge is 2.11. The molecule has 2 aromatic heterocycles. The Morgan fingerprint density at radius 1 is 1.10 bits per heavy atom. The van der Waals surface area contributed by atoms with Crippen molar-refractivity contribution in [3.05, 3.63) is 65.6 Å². The van der Waals surface area contributed by atoms with Crippen molar-refractivity contribution < 1.29 is 18.5 Å². The van der Waals surface area contributed by atoms with E-state index in [0.29, 0.717) is 23.7 Å². The zero-order valence-electron chi connectivity index (χ0n) is 15.8. The van der Waals surface area contributed by atoms with Crippen molar-refractivity contribution in [3.63, 3.8) is 0 Å². The van der Waals surface area contributed by atoms with Crippen LogP contribution in [0.1, 0.15) is 28.2 Å². The summed E-state index contributed by atoms with van der Waals surface area (Å²) in [5, 5.41) is 9.20. The zero-order valence-corrected chi connectivity index (χ0v) is 15.8. The minimum atomic E-state index is -0.431. The molecule has 2 heterocycles. The van der Waals surface area contributed by atoms with E-state index in [-0.39, 0.29) is 31.0 Å². The Morgan fingerprint density at radius 2 is 1.86 bits per heavy atom. The van der Waals surface area contributed by atoms with Gasteiger partial charge >= 0.3 is 0 Å². The molecule has 0 saturated heterocycles. The summed E-state index contributed by atoms with van der Waals surface area (Å²) in [7, 11) is 0. The van der Waals surface area contributed by atoms with E-state index < -0.39 is 11.7 Å². The number of aryl methyl sites for hydroxylation is 2. The van der Waals surface area contributed by atoms with Crippen molar-refractivity contribution in [2.45, 2.75) is 19.8 Å². The molecule has 2 amide bonds. The van der Waals surface area contributed by atoms with Gasteiger partial charge in [-0.15, -0.1) is 0 Å². The molecule has 2 N–H and O–H groups in total. The number of hydrogen-bond donors (Lipinski definition) is 2. The number of halogens is 1. The number of aromatic nitrogens is 3. The molecule has 0 aliphatic carbocycles. The highest BCUT2D eigenvalue weighted by atomic mass is 19.1. The highest BCUT2D eigenvalue weighted by Crippen LogP contribution is 2.14. The van der Waals surface area contributed by atoms with E-state index in [4.69, 9.17) is 4.52 Å². The zero-order chi connectivity index (χ0) is 20.6. The first kappa shape index (κ1) is 20.1. The van der Waals surface area contributed by atoms with Gasteiger partial charge < -0.3 is 15.2 Å². The smallest absolute Gasteiger partial charge is 0.251 e. The molecular formula is C20H20FN5O3. The van der Waals surface area contributed by atoms with Gasteiger partial charge in [0.25, 0.3) is 5.91 Å². The number of rotatable bonds is 8. The first-order valence-electron chi connectivity index (χ1n) is 9.07. The molecule has 0 bridgehead atoms. The predicted molar refractivity (Wildman–Crippen MR) is 102 cm³/mol. The minimum Gasteiger partial charge on any atom is -0.354 e. The quantitative estimate of drug-likeness (QED) is 0.563. The Bertz CT molecular complexity index is 991. The van der Waals surface area contributed by atoms with Crippen LogP contribution >= 0.6 is 0 Å². The number of carbonyl (C=O) groups excluding carboxylic acids is 2. The van der Waals surface area contributed by atoms with Crippen LogP contribution in [0.15, 0.2) is 47.2 Å². The van der Waals surface area contributed by atoms with Gasteiger partial charge in [-0.25, -0.2) is 4.39 Å². The summed E-state index contributed by atoms with van der Waals surface area (Å²) < 4.78 is 18.6. The summed E-state index contributed by atoms with van der Waals surface area (Å²) in [6.07, 6.45) is 3.74. The normalized spacial score (nSPS) is 10.6. The molecule has 0 aliphatic heterocycles. The third kappa shape index (κ3) is 5.68. The maximum atomic E-state index is 13.5. The number of nitrogens with zero attached hydrogens (tertiary/aromatic N) is 3. The summed E-state index contributed by atoms with van der Waals surface area (Å²) >= 11 is 0. The van der Waals surface area contributed by atoms with Gasteiger partial charge in [-0.2, -0.15) is 4.98 Å². The summed E-state index contributed by atoms with van der Waals surface area (Å²) in [5.74, 6) is -0.226. The number of hydrogen-bond acceptors (Lipinski definition) is 6. The van der Waals surface area contributed by atoms with Crippen molar-refractivity contribution in [2.24, 2.45) is 0 Å². The fourth-order valence-corrected chi connectivity index (χ4v) is 2.50. The van der Waals surface area contributed by atoms with Gasteiger partial charge in [-0.3, -0.25) is 14.6 Å². The van der Waals surface area contributed by atoms with Crippen LogP contribution in [0.2, 0.25) is 0 Å². The molecule has 1 aromatic carbocycles. The SMILES string of the molecule is Cc1ccc(C(=O)NCCNC(=O)CCc2nc(-c3ccncc3)no2)cc1F. The topological polar surface area (TPSA) is 110 Å². The predicted octanol–water partition coefficient (Wildman–Crippen LogP) is 2.06. The second-order valence-electron chi connectivity index (χ2n) is 6.32. The molecule has 0 aliphatic rings. The lowest BCUT2D eigenvalue weighted by atomic mass is 10.1. The Hall–Kier alpha value is -3.62. The first-order valence-corrected chi connectivity index (χ1v) is 9.07. The van der Waals surface area contributed by atoms with Crippen LogP contribution in [0.25, 0.3) is 11.4 Å². The van der Waals surface area contributed by atoms with Crippen LogP contribution in [0, 0.1) is 12.7 Å². The molecule has 0 radical (unpaired) electrons. The average molecular weight is 397 g/mol. The first-order chi connectivity index (χ1) is 14.0. The summed E-state index contributed by atoms with van der Waals surface area (Å²) in [5.41, 5.74) is 1.49. The van der Waals surface area contributed by atoms with Crippen molar-refractivity contribution >= 4 is 11.8 Å². The van der Waals surface area contributed by atoms with Gasteiger partial charge in [0, 0.05) is 49.5 Å². The Labute approximate surface area is 166 Å². The Kier molecular flexibility index (Phi) is 6.62. The van der Waals surface area contributed by atoms with Crippen molar-refractivity contribution in [1.82, 2.24) is 25.8 Å². The Morgan fingerprint density at radius 3 is 2.62 bits per heavy atom. The third-order valence-corrected chi connectivity index (χ3v) is 4.14. The van der Waals surface area contributed by atoms with E-state index in [9.17, 15) is 14.0 Å². The minimum absolute atomic E-state index is 0.176. The number of nitrogens with one attached hydrogen (secondary N) is 2. The van der Waals surface area contributed by atoms with Gasteiger partial charge in [0.2, 0.25) is 17.6 Å². The molecule has 150 valence electrons. The fourth-order valence-electron chi connectivity index (χ4n) is 2.50. The maximum absolute atomic E-state index is 13.5. The molecule has 0 saturated carbocycles. The van der Waals surface area contributed by atoms with Crippen molar-refractivity contribution in [1.29, 1.82) is 0 Å². The van der Waals surface area contributed by atoms with Gasteiger partial charge in [0.15, 0.2) is 0 Å². The highest BCUT2D eigenvalue weighted by molar-refractivity contribution is 5.94. The molecule has 0 unspecified atom stereocenters. The second-order valence-corrected chi connectivity index (χ2v) is 6.32. The number of benzene rings is 1. The van der Waals surface area contributed by atoms with Gasteiger partial charge in [-0.1, -0.05) is 11.2 Å². The molecule has 29 heavy (non-hydrogen) atoms. The number of carbonyl (C=O) groups is 2. The second kappa shape index (κ2) is 9.54. The largest absolute Gasteiger partial charge is 0.354 e. The van der Waals surface area contributed by atoms with E-state index in [1.165, 1.54) is 6.07 Å². The summed E-state index contributed by atoms with van der Waals surface area (Å²) in [6.45, 7) is 2.11. The van der Waals surface area contributed by atoms with Crippen LogP contribution in [0.5, 0.6) is 0 Å². The molecule has 8 nitrogen and oxygen atoms in total. The lowest BCUT2D eigenvalue weighted by Gasteiger charge is -2.07. The Balaban J connectivity index is 1.36. The van der Waals surface area contributed by atoms with Gasteiger partial charge in [0.05, 0.1) is 0 Å². The molecule has 3 rings (SSSR count). The van der Waals surface area contributed by atoms with E-state index in [2.05, 4.69) is 25.8 Å². The van der Waals surface area contributed by atoms with E-state index in [1.54, 1.807) is 43.6 Å². The third-order valence-electron chi connectivity index (χ3n) is 4.14. The lowest BCUT2D eigenvalue weighted by Crippen LogP contribution is -2.34. The lowest BCUT2D eigenvalue weighted by molar-refractivity contribution is -0.121. The maximum Gasteiger partial charge on any atom is 0.251 e. The molecule has 0 spiro atoms. The summed E-state index contributed by atoms with van der Waals surface area (Å²) in [4.78, 5) is 32.1. The van der Waals surface area contributed by atoms with Crippen LogP contribution in [0.4, 0.5) is 4.39 Å². The van der Waals surface area contributed by atoms with E-state index in [0.717, 1.165) is 5.56 Å². The summed E-state index contributed by atoms with van der Waals surface area (Å²) in [6, 6.07) is 7.82. The van der Waals surface area contributed by atoms with Gasteiger partial charge in [-0.05, 0) is 36.8 Å². The van der Waals surface area contributed by atoms with Crippen molar-refractivity contribution in [2.75, 3.05) is 13.1 Å². The van der Waals surface area contributed by atoms with E-state index >= 15 is 0 Å². The van der Waals surface area contributed by atoms with Crippen LogP contribution in [0.3, 0.4) is 0 Å². The van der Waals surface area contributed by atoms with Crippen LogP contribution < -0.4 is 10.6 Å². The molecule has 3 aromatic rings. The van der Waals surface area contributed by atoms with E-state index in [1.807, 2.05) is 0 Å². The fraction of sp³-hybridized carbons (Fsp3) is 0.250. The molecule has 9 heteroatoms. The molecule has 0 atom stereocenters.